The number of hydrogen-bond acceptors (Lipinski definition) is 1. The molecular formula is C12H24ClNOS. The Morgan fingerprint density at radius 3 is 2.50 bits per heavy atom. The first-order valence-corrected chi connectivity index (χ1v) is 7.45. The van der Waals surface area contributed by atoms with Gasteiger partial charge in [-0.1, -0.05) is 12.5 Å². The fourth-order valence-corrected chi connectivity index (χ4v) is 2.30. The van der Waals surface area contributed by atoms with Crippen LogP contribution in [-0.2, 0) is 11.0 Å². The average molecular weight is 266 g/mol. The molecule has 0 bridgehead atoms. The summed E-state index contributed by atoms with van der Waals surface area (Å²) in [6.45, 7) is 9.65. The van der Waals surface area contributed by atoms with Crippen molar-refractivity contribution in [2.45, 2.75) is 57.2 Å². The zero-order valence-corrected chi connectivity index (χ0v) is 12.2. The molecule has 0 aliphatic rings. The van der Waals surface area contributed by atoms with Gasteiger partial charge in [-0.05, 0) is 40.0 Å². The molecule has 2 nitrogen and oxygen atoms in total. The van der Waals surface area contributed by atoms with Gasteiger partial charge in [-0.2, -0.15) is 0 Å². The van der Waals surface area contributed by atoms with E-state index in [9.17, 15) is 4.21 Å². The minimum Gasteiger partial charge on any atom is -0.242 e. The summed E-state index contributed by atoms with van der Waals surface area (Å²) in [5.41, 5.74) is 0. The highest BCUT2D eigenvalue weighted by Crippen LogP contribution is 2.13. The lowest BCUT2D eigenvalue weighted by Gasteiger charge is -2.23. The summed E-state index contributed by atoms with van der Waals surface area (Å²) in [6, 6.07) is 0.251. The van der Waals surface area contributed by atoms with E-state index in [0.29, 0.717) is 5.88 Å². The summed E-state index contributed by atoms with van der Waals surface area (Å²) in [4.78, 5) is 0. The molecular weight excluding hydrogens is 242 g/mol. The van der Waals surface area contributed by atoms with Crippen LogP contribution < -0.4 is 4.72 Å². The van der Waals surface area contributed by atoms with E-state index < -0.39 is 11.0 Å². The van der Waals surface area contributed by atoms with Crippen LogP contribution in [0.15, 0.2) is 12.7 Å². The zero-order chi connectivity index (χ0) is 12.6. The lowest BCUT2D eigenvalue weighted by molar-refractivity contribution is 0.533. The summed E-state index contributed by atoms with van der Waals surface area (Å²) >= 11 is 5.64. The number of alkyl halides is 1. The largest absolute Gasteiger partial charge is 0.242 e. The molecule has 2 atom stereocenters. The zero-order valence-electron chi connectivity index (χ0n) is 10.6. The van der Waals surface area contributed by atoms with Crippen LogP contribution in [0.3, 0.4) is 0 Å². The number of rotatable bonds is 8. The first-order valence-electron chi connectivity index (χ1n) is 5.76. The standard InChI is InChI=1S/C12H24ClNOS/c1-5-8-11(9-6-7-10-13)14-16(15)12(2,3)4/h5,11,14H,1,6-10H2,2-4H3/t11-,16-/m1/s1. The minimum atomic E-state index is -1.01. The van der Waals surface area contributed by atoms with Crippen LogP contribution in [-0.4, -0.2) is 20.9 Å². The molecule has 4 heteroatoms. The van der Waals surface area contributed by atoms with Crippen LogP contribution in [0.4, 0.5) is 0 Å². The van der Waals surface area contributed by atoms with Crippen molar-refractivity contribution in [2.75, 3.05) is 5.88 Å². The summed E-state index contributed by atoms with van der Waals surface area (Å²) < 4.78 is 14.9. The third-order valence-electron chi connectivity index (χ3n) is 2.22. The molecule has 0 amide bonds. The third kappa shape index (κ3) is 7.42. The molecule has 0 aliphatic carbocycles. The maximum Gasteiger partial charge on any atom is 0.0972 e. The third-order valence-corrected chi connectivity index (χ3v) is 4.14. The fraction of sp³-hybridized carbons (Fsp3) is 0.833. The SMILES string of the molecule is C=CC[C@H](CCCCCl)N[S@](=O)C(C)(C)C. The Bertz CT molecular complexity index is 226. The van der Waals surface area contributed by atoms with Gasteiger partial charge >= 0.3 is 0 Å². The van der Waals surface area contributed by atoms with E-state index >= 15 is 0 Å². The molecule has 0 aromatic rings. The smallest absolute Gasteiger partial charge is 0.0972 e. The lowest BCUT2D eigenvalue weighted by atomic mass is 10.1. The van der Waals surface area contributed by atoms with Crippen molar-refractivity contribution < 1.29 is 4.21 Å². The van der Waals surface area contributed by atoms with Gasteiger partial charge in [-0.3, -0.25) is 0 Å². The second kappa shape index (κ2) is 8.26. The van der Waals surface area contributed by atoms with Gasteiger partial charge in [0.15, 0.2) is 0 Å². The highest BCUT2D eigenvalue weighted by atomic mass is 35.5. The number of hydrogen-bond donors (Lipinski definition) is 1. The van der Waals surface area contributed by atoms with Crippen LogP contribution in [0, 0.1) is 0 Å². The summed E-state index contributed by atoms with van der Waals surface area (Å²) in [7, 11) is -1.01. The Hall–Kier alpha value is 0.140. The first-order chi connectivity index (χ1) is 7.41. The van der Waals surface area contributed by atoms with Crippen molar-refractivity contribution in [3.63, 3.8) is 0 Å². The second-order valence-corrected chi connectivity index (χ2v) is 7.28. The Kier molecular flexibility index (Phi) is 8.34. The Balaban J connectivity index is 4.11. The van der Waals surface area contributed by atoms with Crippen LogP contribution in [0.2, 0.25) is 0 Å². The molecule has 96 valence electrons. The highest BCUT2D eigenvalue weighted by Gasteiger charge is 2.21. The van der Waals surface area contributed by atoms with Crippen molar-refractivity contribution in [2.24, 2.45) is 0 Å². The van der Waals surface area contributed by atoms with E-state index in [2.05, 4.69) is 11.3 Å². The monoisotopic (exact) mass is 265 g/mol. The van der Waals surface area contributed by atoms with E-state index in [-0.39, 0.29) is 10.8 Å². The molecule has 0 spiro atoms. The van der Waals surface area contributed by atoms with Crippen LogP contribution in [0.1, 0.15) is 46.5 Å². The van der Waals surface area contributed by atoms with Gasteiger partial charge in [0.1, 0.15) is 0 Å². The fourth-order valence-electron chi connectivity index (χ4n) is 1.24. The summed E-state index contributed by atoms with van der Waals surface area (Å²) in [5.74, 6) is 0.698. The maximum atomic E-state index is 11.9. The van der Waals surface area contributed by atoms with E-state index in [1.54, 1.807) is 0 Å². The predicted molar refractivity (Wildman–Crippen MR) is 74.2 cm³/mol. The van der Waals surface area contributed by atoms with Crippen molar-refractivity contribution in [1.82, 2.24) is 4.72 Å². The predicted octanol–water partition coefficient (Wildman–Crippen LogP) is 3.39. The first kappa shape index (κ1) is 16.1. The highest BCUT2D eigenvalue weighted by molar-refractivity contribution is 7.84. The maximum absolute atomic E-state index is 11.9. The Morgan fingerprint density at radius 2 is 2.06 bits per heavy atom. The molecule has 0 heterocycles. The molecule has 0 unspecified atom stereocenters. The van der Waals surface area contributed by atoms with Crippen molar-refractivity contribution in [3.05, 3.63) is 12.7 Å². The number of nitrogens with one attached hydrogen (secondary N) is 1. The Morgan fingerprint density at radius 1 is 1.44 bits per heavy atom. The molecule has 0 aromatic heterocycles. The molecule has 0 saturated carbocycles. The molecule has 1 N–H and O–H groups in total. The van der Waals surface area contributed by atoms with E-state index in [1.807, 2.05) is 26.8 Å². The van der Waals surface area contributed by atoms with Gasteiger partial charge < -0.3 is 0 Å². The van der Waals surface area contributed by atoms with Gasteiger partial charge in [0.25, 0.3) is 0 Å². The minimum absolute atomic E-state index is 0.216. The summed E-state index contributed by atoms with van der Waals surface area (Å²) in [6.07, 6.45) is 5.80. The number of unbranched alkanes of at least 4 members (excludes halogenated alkanes) is 1. The second-order valence-electron chi connectivity index (χ2n) is 4.91. The molecule has 0 radical (unpaired) electrons. The van der Waals surface area contributed by atoms with E-state index in [0.717, 1.165) is 25.7 Å². The number of halogens is 1. The topological polar surface area (TPSA) is 29.1 Å². The molecule has 0 aromatic carbocycles. The van der Waals surface area contributed by atoms with Gasteiger partial charge in [-0.25, -0.2) is 8.93 Å². The lowest BCUT2D eigenvalue weighted by Crippen LogP contribution is -2.39. The van der Waals surface area contributed by atoms with Gasteiger partial charge in [0, 0.05) is 11.9 Å². The molecule has 0 rings (SSSR count). The van der Waals surface area contributed by atoms with Gasteiger partial charge in [0.2, 0.25) is 0 Å². The normalized spacial score (nSPS) is 15.8. The van der Waals surface area contributed by atoms with Crippen LogP contribution >= 0.6 is 11.6 Å². The molecule has 16 heavy (non-hydrogen) atoms. The van der Waals surface area contributed by atoms with Gasteiger partial charge in [-0.15, -0.1) is 18.2 Å². The van der Waals surface area contributed by atoms with Crippen molar-refractivity contribution in [1.29, 1.82) is 0 Å². The van der Waals surface area contributed by atoms with Crippen LogP contribution in [0.5, 0.6) is 0 Å². The quantitative estimate of drug-likeness (QED) is 0.407. The summed E-state index contributed by atoms with van der Waals surface area (Å²) in [5, 5.41) is 0. The molecule has 0 fully saturated rings. The average Bonchev–Trinajstić information content (AvgIpc) is 2.16. The van der Waals surface area contributed by atoms with E-state index in [4.69, 9.17) is 11.6 Å². The van der Waals surface area contributed by atoms with Crippen molar-refractivity contribution in [3.8, 4) is 0 Å². The van der Waals surface area contributed by atoms with Crippen molar-refractivity contribution >= 4 is 22.6 Å². The molecule has 0 aliphatic heterocycles. The van der Waals surface area contributed by atoms with Gasteiger partial charge in [0.05, 0.1) is 15.7 Å². The van der Waals surface area contributed by atoms with Crippen LogP contribution in [0.25, 0.3) is 0 Å². The molecule has 0 saturated heterocycles. The van der Waals surface area contributed by atoms with E-state index in [1.165, 1.54) is 0 Å². The Labute approximate surface area is 107 Å².